The van der Waals surface area contributed by atoms with Crippen molar-refractivity contribution in [1.29, 1.82) is 0 Å². The van der Waals surface area contributed by atoms with Crippen LogP contribution < -0.4 is 0 Å². The van der Waals surface area contributed by atoms with Crippen LogP contribution in [0.5, 0.6) is 0 Å². The van der Waals surface area contributed by atoms with Gasteiger partial charge in [-0.3, -0.25) is 0 Å². The summed E-state index contributed by atoms with van der Waals surface area (Å²) in [4.78, 5) is 0. The Morgan fingerprint density at radius 2 is 1.86 bits per heavy atom. The molecule has 0 radical (unpaired) electrons. The van der Waals surface area contributed by atoms with E-state index in [4.69, 9.17) is 4.74 Å². The van der Waals surface area contributed by atoms with Gasteiger partial charge in [-0.1, -0.05) is 20.8 Å². The molecule has 0 aromatic carbocycles. The molecule has 1 atom stereocenters. The fraction of sp³-hybridized carbons (Fsp3) is 0.588. The molecule has 2 aromatic rings. The van der Waals surface area contributed by atoms with Crippen LogP contribution in [-0.4, -0.2) is 27.6 Å². The molecule has 0 unspecified atom stereocenters. The lowest BCUT2D eigenvalue weighted by Crippen LogP contribution is -2.17. The molecule has 4 nitrogen and oxygen atoms in total. The lowest BCUT2D eigenvalue weighted by Gasteiger charge is -2.16. The molecule has 1 aliphatic rings. The molecule has 2 aromatic heterocycles. The molecule has 0 amide bonds. The average Bonchev–Trinajstić information content (AvgIpc) is 3.10. The van der Waals surface area contributed by atoms with Crippen LogP contribution in [0.15, 0.2) is 12.1 Å². The maximum atomic E-state index is 15.2. The van der Waals surface area contributed by atoms with Crippen molar-refractivity contribution in [2.24, 2.45) is 0 Å². The van der Waals surface area contributed by atoms with E-state index >= 15 is 4.39 Å². The number of aryl methyl sites for hydroxylation is 2. The minimum Gasteiger partial charge on any atom is -0.379 e. The summed E-state index contributed by atoms with van der Waals surface area (Å²) in [5.41, 5.74) is 2.20. The van der Waals surface area contributed by atoms with E-state index in [9.17, 15) is 0 Å². The van der Waals surface area contributed by atoms with E-state index in [1.54, 1.807) is 0 Å². The highest BCUT2D eigenvalue weighted by Crippen LogP contribution is 2.33. The fourth-order valence-electron chi connectivity index (χ4n) is 3.06. The van der Waals surface area contributed by atoms with Gasteiger partial charge in [-0.25, -0.2) is 9.07 Å². The lowest BCUT2D eigenvalue weighted by atomic mass is 9.92. The van der Waals surface area contributed by atoms with Gasteiger partial charge in [-0.2, -0.15) is 5.10 Å². The smallest absolute Gasteiger partial charge is 0.189 e. The highest BCUT2D eigenvalue weighted by molar-refractivity contribution is 5.37. The topological polar surface area (TPSA) is 32.0 Å². The molecular formula is C17H24FN3O. The number of hydrogen-bond acceptors (Lipinski definition) is 2. The molecule has 1 aliphatic heterocycles. The van der Waals surface area contributed by atoms with Gasteiger partial charge in [-0.15, -0.1) is 0 Å². The minimum atomic E-state index is -0.335. The van der Waals surface area contributed by atoms with Gasteiger partial charge in [0.1, 0.15) is 5.69 Å². The van der Waals surface area contributed by atoms with E-state index in [1.165, 1.54) is 0 Å². The Morgan fingerprint density at radius 1 is 1.23 bits per heavy atom. The van der Waals surface area contributed by atoms with E-state index in [0.29, 0.717) is 24.7 Å². The predicted octanol–water partition coefficient (Wildman–Crippen LogP) is 3.69. The third-order valence-electron chi connectivity index (χ3n) is 4.27. The number of ether oxygens (including phenoxy) is 1. The fourth-order valence-corrected chi connectivity index (χ4v) is 3.06. The Bertz CT molecular complexity index is 668. The van der Waals surface area contributed by atoms with Gasteiger partial charge in [0.25, 0.3) is 0 Å². The van der Waals surface area contributed by atoms with Crippen molar-refractivity contribution in [2.45, 2.75) is 52.5 Å². The number of nitrogens with zero attached hydrogens (tertiary/aromatic N) is 3. The summed E-state index contributed by atoms with van der Waals surface area (Å²) < 4.78 is 24.5. The third kappa shape index (κ3) is 2.37. The van der Waals surface area contributed by atoms with Crippen molar-refractivity contribution >= 4 is 0 Å². The Morgan fingerprint density at radius 3 is 2.36 bits per heavy atom. The van der Waals surface area contributed by atoms with E-state index in [-0.39, 0.29) is 17.3 Å². The zero-order valence-corrected chi connectivity index (χ0v) is 14.0. The maximum Gasteiger partial charge on any atom is 0.189 e. The number of rotatable bonds is 2. The molecule has 5 heteroatoms. The molecule has 0 bridgehead atoms. The SMILES string of the molecule is Cc1ccc(C)n1-c1c(F)c(C(C)(C)C)nn1[C@H]1CCOC1. The molecule has 22 heavy (non-hydrogen) atoms. The Kier molecular flexibility index (Phi) is 3.63. The van der Waals surface area contributed by atoms with Gasteiger partial charge in [-0.05, 0) is 32.4 Å². The molecule has 0 aliphatic carbocycles. The van der Waals surface area contributed by atoms with Crippen molar-refractivity contribution in [3.8, 4) is 5.82 Å². The summed E-state index contributed by atoms with van der Waals surface area (Å²) in [6.45, 7) is 11.3. The van der Waals surface area contributed by atoms with E-state index < -0.39 is 0 Å². The van der Waals surface area contributed by atoms with E-state index in [1.807, 2.05) is 56.0 Å². The summed E-state index contributed by atoms with van der Waals surface area (Å²) in [7, 11) is 0. The average molecular weight is 305 g/mol. The first-order valence-corrected chi connectivity index (χ1v) is 7.82. The zero-order chi connectivity index (χ0) is 16.1. The second kappa shape index (κ2) is 5.23. The van der Waals surface area contributed by atoms with Crippen molar-refractivity contribution in [2.75, 3.05) is 13.2 Å². The van der Waals surface area contributed by atoms with Crippen molar-refractivity contribution in [1.82, 2.24) is 14.3 Å². The first kappa shape index (κ1) is 15.3. The van der Waals surface area contributed by atoms with Crippen LogP contribution in [0.1, 0.15) is 50.3 Å². The van der Waals surface area contributed by atoms with Gasteiger partial charge in [0.05, 0.1) is 12.6 Å². The molecule has 3 rings (SSSR count). The molecule has 0 saturated carbocycles. The Hall–Kier alpha value is -1.62. The monoisotopic (exact) mass is 305 g/mol. The van der Waals surface area contributed by atoms with Crippen molar-refractivity contribution in [3.05, 3.63) is 35.0 Å². The number of hydrogen-bond donors (Lipinski definition) is 0. The van der Waals surface area contributed by atoms with Gasteiger partial charge in [0.2, 0.25) is 0 Å². The summed E-state index contributed by atoms with van der Waals surface area (Å²) in [5, 5.41) is 4.64. The standard InChI is InChI=1S/C17H24FN3O/c1-11-6-7-12(2)20(11)16-14(18)15(17(3,4)5)19-21(16)13-8-9-22-10-13/h6-7,13H,8-10H2,1-5H3/t13-/m0/s1. The molecule has 3 heterocycles. The summed E-state index contributed by atoms with van der Waals surface area (Å²) in [6, 6.07) is 4.11. The van der Waals surface area contributed by atoms with Crippen LogP contribution in [0.2, 0.25) is 0 Å². The van der Waals surface area contributed by atoms with Crippen LogP contribution >= 0.6 is 0 Å². The maximum absolute atomic E-state index is 15.2. The zero-order valence-electron chi connectivity index (χ0n) is 14.0. The predicted molar refractivity (Wildman–Crippen MR) is 84.2 cm³/mol. The third-order valence-corrected chi connectivity index (χ3v) is 4.27. The first-order valence-electron chi connectivity index (χ1n) is 7.82. The molecular weight excluding hydrogens is 281 g/mol. The summed E-state index contributed by atoms with van der Waals surface area (Å²) in [6.07, 6.45) is 0.872. The van der Waals surface area contributed by atoms with Gasteiger partial charge in [0, 0.05) is 23.4 Å². The number of halogens is 1. The van der Waals surface area contributed by atoms with Crippen LogP contribution in [0.25, 0.3) is 5.82 Å². The van der Waals surface area contributed by atoms with E-state index in [0.717, 1.165) is 17.8 Å². The van der Waals surface area contributed by atoms with Crippen LogP contribution in [0.3, 0.4) is 0 Å². The lowest BCUT2D eigenvalue weighted by molar-refractivity contribution is 0.184. The van der Waals surface area contributed by atoms with Crippen LogP contribution in [-0.2, 0) is 10.2 Å². The molecule has 1 saturated heterocycles. The molecule has 1 fully saturated rings. The highest BCUT2D eigenvalue weighted by Gasteiger charge is 2.32. The summed E-state index contributed by atoms with van der Waals surface area (Å²) in [5.74, 6) is 0.322. The minimum absolute atomic E-state index is 0.0989. The Balaban J connectivity index is 2.24. The van der Waals surface area contributed by atoms with Crippen LogP contribution in [0.4, 0.5) is 4.39 Å². The van der Waals surface area contributed by atoms with Gasteiger partial charge < -0.3 is 9.30 Å². The number of aromatic nitrogens is 3. The molecule has 0 spiro atoms. The first-order chi connectivity index (χ1) is 10.3. The second-order valence-electron chi connectivity index (χ2n) is 7.15. The molecule has 0 N–H and O–H groups in total. The quantitative estimate of drug-likeness (QED) is 0.847. The second-order valence-corrected chi connectivity index (χ2v) is 7.15. The Labute approximate surface area is 130 Å². The van der Waals surface area contributed by atoms with Crippen molar-refractivity contribution < 1.29 is 9.13 Å². The van der Waals surface area contributed by atoms with E-state index in [2.05, 4.69) is 5.10 Å². The highest BCUT2D eigenvalue weighted by atomic mass is 19.1. The normalized spacial score (nSPS) is 19.1. The van der Waals surface area contributed by atoms with Gasteiger partial charge in [0.15, 0.2) is 11.6 Å². The van der Waals surface area contributed by atoms with Crippen molar-refractivity contribution in [3.63, 3.8) is 0 Å². The van der Waals surface area contributed by atoms with Gasteiger partial charge >= 0.3 is 0 Å². The summed E-state index contributed by atoms with van der Waals surface area (Å²) >= 11 is 0. The van der Waals surface area contributed by atoms with Crippen LogP contribution in [0, 0.1) is 19.7 Å². The molecule has 120 valence electrons. The largest absolute Gasteiger partial charge is 0.379 e.